The third-order valence-electron chi connectivity index (χ3n) is 7.06. The molecule has 0 bridgehead atoms. The van der Waals surface area contributed by atoms with Gasteiger partial charge in [0.15, 0.2) is 9.84 Å². The van der Waals surface area contributed by atoms with Crippen LogP contribution in [-0.2, 0) is 16.4 Å². The fourth-order valence-corrected chi connectivity index (χ4v) is 5.42. The van der Waals surface area contributed by atoms with E-state index in [1.165, 1.54) is 5.69 Å². The zero-order chi connectivity index (χ0) is 27.0. The number of aryl methyl sites for hydroxylation is 2. The predicted molar refractivity (Wildman–Crippen MR) is 152 cm³/mol. The number of likely N-dealkylation sites (N-methyl/N-ethyl adjacent to an activating group) is 1. The summed E-state index contributed by atoms with van der Waals surface area (Å²) in [7, 11) is -1.27. The number of rotatable bonds is 6. The van der Waals surface area contributed by atoms with E-state index in [0.29, 0.717) is 34.7 Å². The molecule has 0 unspecified atom stereocenters. The number of aromatic nitrogens is 3. The van der Waals surface area contributed by atoms with Crippen LogP contribution in [0.2, 0.25) is 0 Å². The number of nitrogens with one attached hydrogen (secondary N) is 1. The zero-order valence-corrected chi connectivity index (χ0v) is 22.9. The minimum Gasteiger partial charge on any atom is -0.369 e. The van der Waals surface area contributed by atoms with Crippen molar-refractivity contribution < 1.29 is 8.42 Å². The summed E-state index contributed by atoms with van der Waals surface area (Å²) >= 11 is 0. The SMILES string of the molecule is CCn1c(=O)c(-c2cc(S(C)(=O)=O)ccc2C)cc2cnc(Nc3ccc(N4CCN(C)CC4)cc3)nc21. The summed E-state index contributed by atoms with van der Waals surface area (Å²) in [6.45, 7) is 8.26. The van der Waals surface area contributed by atoms with Crippen molar-refractivity contribution >= 4 is 38.2 Å². The molecule has 198 valence electrons. The largest absolute Gasteiger partial charge is 0.369 e. The third-order valence-corrected chi connectivity index (χ3v) is 8.17. The van der Waals surface area contributed by atoms with Gasteiger partial charge in [-0.2, -0.15) is 4.98 Å². The minimum absolute atomic E-state index is 0.176. The Labute approximate surface area is 222 Å². The Morgan fingerprint density at radius 2 is 1.68 bits per heavy atom. The lowest BCUT2D eigenvalue weighted by Crippen LogP contribution is -2.44. The van der Waals surface area contributed by atoms with Crippen LogP contribution in [-0.4, -0.2) is 67.3 Å². The number of benzene rings is 2. The van der Waals surface area contributed by atoms with Gasteiger partial charge in [-0.05, 0) is 74.5 Å². The van der Waals surface area contributed by atoms with Gasteiger partial charge in [-0.15, -0.1) is 0 Å². The second kappa shape index (κ2) is 10.2. The van der Waals surface area contributed by atoms with E-state index in [0.717, 1.165) is 43.7 Å². The van der Waals surface area contributed by atoms with Crippen molar-refractivity contribution in [2.45, 2.75) is 25.3 Å². The molecule has 2 aromatic carbocycles. The van der Waals surface area contributed by atoms with Crippen LogP contribution >= 0.6 is 0 Å². The van der Waals surface area contributed by atoms with E-state index >= 15 is 0 Å². The first-order valence-electron chi connectivity index (χ1n) is 12.7. The molecule has 2 aromatic heterocycles. The third kappa shape index (κ3) is 5.14. The maximum atomic E-state index is 13.5. The molecule has 10 heteroatoms. The van der Waals surface area contributed by atoms with Gasteiger partial charge in [0, 0.05) is 67.5 Å². The highest BCUT2D eigenvalue weighted by atomic mass is 32.2. The van der Waals surface area contributed by atoms with Crippen LogP contribution in [0.15, 0.2) is 64.4 Å². The monoisotopic (exact) mass is 532 g/mol. The molecule has 0 spiro atoms. The second-order valence-corrected chi connectivity index (χ2v) is 11.8. The lowest BCUT2D eigenvalue weighted by atomic mass is 10.0. The Bertz CT molecular complexity index is 1660. The molecule has 0 saturated carbocycles. The van der Waals surface area contributed by atoms with Crippen LogP contribution in [0.4, 0.5) is 17.3 Å². The second-order valence-electron chi connectivity index (χ2n) is 9.79. The van der Waals surface area contributed by atoms with E-state index in [1.54, 1.807) is 35.0 Å². The van der Waals surface area contributed by atoms with Crippen LogP contribution in [0.3, 0.4) is 0 Å². The molecular weight excluding hydrogens is 500 g/mol. The van der Waals surface area contributed by atoms with Gasteiger partial charge < -0.3 is 15.1 Å². The standard InChI is InChI=1S/C28H32N6O3S/c1-5-34-26-20(16-25(27(34)35)24-17-23(38(4,36)37)11-6-19(24)2)18-29-28(31-26)30-21-7-9-22(10-8-21)33-14-12-32(3)13-15-33/h6-11,16-18H,5,12-15H2,1-4H3,(H,29,30,31). The first-order valence-corrected chi connectivity index (χ1v) is 14.6. The summed E-state index contributed by atoms with van der Waals surface area (Å²) in [6.07, 6.45) is 2.85. The Morgan fingerprint density at radius 3 is 2.34 bits per heavy atom. The van der Waals surface area contributed by atoms with Crippen LogP contribution in [0, 0.1) is 6.92 Å². The molecule has 38 heavy (non-hydrogen) atoms. The Kier molecular flexibility index (Phi) is 6.93. The van der Waals surface area contributed by atoms with E-state index < -0.39 is 9.84 Å². The van der Waals surface area contributed by atoms with Crippen LogP contribution in [0.5, 0.6) is 0 Å². The normalized spacial score (nSPS) is 14.7. The van der Waals surface area contributed by atoms with Crippen molar-refractivity contribution in [3.8, 4) is 11.1 Å². The molecule has 0 amide bonds. The van der Waals surface area contributed by atoms with E-state index in [9.17, 15) is 13.2 Å². The molecule has 1 fully saturated rings. The first-order chi connectivity index (χ1) is 18.1. The minimum atomic E-state index is -3.41. The van der Waals surface area contributed by atoms with Gasteiger partial charge in [-0.3, -0.25) is 9.36 Å². The number of piperazine rings is 1. The maximum absolute atomic E-state index is 13.5. The lowest BCUT2D eigenvalue weighted by Gasteiger charge is -2.34. The summed E-state index contributed by atoms with van der Waals surface area (Å²) in [5.41, 5.74) is 4.16. The lowest BCUT2D eigenvalue weighted by molar-refractivity contribution is 0.313. The average molecular weight is 533 g/mol. The highest BCUT2D eigenvalue weighted by Crippen LogP contribution is 2.27. The molecule has 9 nitrogen and oxygen atoms in total. The molecule has 0 atom stereocenters. The Morgan fingerprint density at radius 1 is 0.974 bits per heavy atom. The summed E-state index contributed by atoms with van der Waals surface area (Å²) in [6, 6.07) is 14.8. The summed E-state index contributed by atoms with van der Waals surface area (Å²) < 4.78 is 25.9. The van der Waals surface area contributed by atoms with Crippen molar-refractivity contribution in [2.75, 3.05) is 49.7 Å². The summed E-state index contributed by atoms with van der Waals surface area (Å²) in [5.74, 6) is 0.398. The predicted octanol–water partition coefficient (Wildman–Crippen LogP) is 3.69. The molecule has 1 aliphatic rings. The fourth-order valence-electron chi connectivity index (χ4n) is 4.78. The smallest absolute Gasteiger partial charge is 0.260 e. The van der Waals surface area contributed by atoms with E-state index in [2.05, 4.69) is 44.3 Å². The molecular formula is C28H32N6O3S. The van der Waals surface area contributed by atoms with Gasteiger partial charge in [0.05, 0.1) is 4.90 Å². The zero-order valence-electron chi connectivity index (χ0n) is 22.1. The number of pyridine rings is 1. The highest BCUT2D eigenvalue weighted by molar-refractivity contribution is 7.90. The fraction of sp³-hybridized carbons (Fsp3) is 0.321. The quantitative estimate of drug-likeness (QED) is 0.401. The summed E-state index contributed by atoms with van der Waals surface area (Å²) in [5, 5.41) is 3.95. The van der Waals surface area contributed by atoms with Crippen LogP contribution < -0.4 is 15.8 Å². The molecule has 1 N–H and O–H groups in total. The van der Waals surface area contributed by atoms with Crippen molar-refractivity contribution in [1.82, 2.24) is 19.4 Å². The van der Waals surface area contributed by atoms with E-state index in [-0.39, 0.29) is 10.5 Å². The van der Waals surface area contributed by atoms with Crippen molar-refractivity contribution in [2.24, 2.45) is 0 Å². The summed E-state index contributed by atoms with van der Waals surface area (Å²) in [4.78, 5) is 27.6. The maximum Gasteiger partial charge on any atom is 0.260 e. The number of fused-ring (bicyclic) bond motifs is 1. The number of hydrogen-bond acceptors (Lipinski definition) is 8. The van der Waals surface area contributed by atoms with Crippen molar-refractivity contribution in [1.29, 1.82) is 0 Å². The van der Waals surface area contributed by atoms with E-state index in [4.69, 9.17) is 0 Å². The van der Waals surface area contributed by atoms with Gasteiger partial charge in [0.2, 0.25) is 5.95 Å². The average Bonchev–Trinajstić information content (AvgIpc) is 2.89. The van der Waals surface area contributed by atoms with Crippen molar-refractivity contribution in [3.05, 3.63) is 70.6 Å². The molecule has 0 radical (unpaired) electrons. The van der Waals surface area contributed by atoms with Gasteiger partial charge in [-0.25, -0.2) is 13.4 Å². The molecule has 0 aliphatic carbocycles. The van der Waals surface area contributed by atoms with Crippen molar-refractivity contribution in [3.63, 3.8) is 0 Å². The molecule has 1 saturated heterocycles. The molecule has 1 aliphatic heterocycles. The Balaban J connectivity index is 1.47. The molecule has 3 heterocycles. The number of anilines is 3. The van der Waals surface area contributed by atoms with Crippen LogP contribution in [0.1, 0.15) is 12.5 Å². The topological polar surface area (TPSA) is 100 Å². The number of nitrogens with zero attached hydrogens (tertiary/aromatic N) is 5. The molecule has 5 rings (SSSR count). The van der Waals surface area contributed by atoms with Crippen LogP contribution in [0.25, 0.3) is 22.2 Å². The number of hydrogen-bond donors (Lipinski definition) is 1. The van der Waals surface area contributed by atoms with Gasteiger partial charge in [0.25, 0.3) is 5.56 Å². The van der Waals surface area contributed by atoms with Gasteiger partial charge in [0.1, 0.15) is 5.65 Å². The highest BCUT2D eigenvalue weighted by Gasteiger charge is 2.17. The Hall–Kier alpha value is -3.76. The molecule has 4 aromatic rings. The van der Waals surface area contributed by atoms with E-state index in [1.807, 2.05) is 26.0 Å². The number of sulfone groups is 1. The van der Waals surface area contributed by atoms with Gasteiger partial charge in [-0.1, -0.05) is 6.07 Å². The van der Waals surface area contributed by atoms with Gasteiger partial charge >= 0.3 is 0 Å². The first kappa shape index (κ1) is 25.9.